The van der Waals surface area contributed by atoms with Crippen LogP contribution in [0, 0.1) is 23.2 Å². The molecule has 0 N–H and O–H groups in total. The van der Waals surface area contributed by atoms with Crippen LogP contribution in [0.1, 0.15) is 71.0 Å². The van der Waals surface area contributed by atoms with E-state index < -0.39 is 8.32 Å². The fourth-order valence-corrected chi connectivity index (χ4v) is 6.25. The normalized spacial score (nSPS) is 25.7. The van der Waals surface area contributed by atoms with Crippen LogP contribution in [0.5, 0.6) is 0 Å². The molecule has 1 heterocycles. The fourth-order valence-electron chi connectivity index (χ4n) is 4.95. The first-order valence-electron chi connectivity index (χ1n) is 11.6. The lowest BCUT2D eigenvalue weighted by Gasteiger charge is -2.41. The van der Waals surface area contributed by atoms with Gasteiger partial charge in [0.2, 0.25) is 5.91 Å². The maximum atomic E-state index is 13.2. The van der Waals surface area contributed by atoms with Gasteiger partial charge in [0.15, 0.2) is 8.32 Å². The number of hydrogen-bond donors (Lipinski definition) is 0. The van der Waals surface area contributed by atoms with Crippen LogP contribution in [0.25, 0.3) is 0 Å². The third-order valence-electron chi connectivity index (χ3n) is 7.65. The maximum absolute atomic E-state index is 13.2. The average molecular weight is 427 g/mol. The van der Waals surface area contributed by atoms with Crippen molar-refractivity contribution in [2.75, 3.05) is 6.54 Å². The van der Waals surface area contributed by atoms with Gasteiger partial charge in [0.25, 0.3) is 0 Å². The molecule has 0 unspecified atom stereocenters. The van der Waals surface area contributed by atoms with Crippen molar-refractivity contribution in [1.29, 1.82) is 5.26 Å². The predicted octanol–water partition coefficient (Wildman–Crippen LogP) is 6.07. The summed E-state index contributed by atoms with van der Waals surface area (Å²) in [6.45, 7) is 12.0. The molecule has 0 aromatic heterocycles. The first kappa shape index (κ1) is 23.0. The van der Waals surface area contributed by atoms with Gasteiger partial charge in [-0.15, -0.1) is 0 Å². The van der Waals surface area contributed by atoms with Crippen molar-refractivity contribution in [1.82, 2.24) is 4.90 Å². The molecule has 1 saturated carbocycles. The van der Waals surface area contributed by atoms with Gasteiger partial charge in [-0.25, -0.2) is 0 Å². The van der Waals surface area contributed by atoms with E-state index in [1.54, 1.807) is 0 Å². The molecule has 1 saturated heterocycles. The third-order valence-corrected chi connectivity index (χ3v) is 12.1. The van der Waals surface area contributed by atoms with Gasteiger partial charge < -0.3 is 9.33 Å². The number of likely N-dealkylation sites (tertiary alicyclic amines) is 1. The van der Waals surface area contributed by atoms with Crippen molar-refractivity contribution in [2.45, 2.75) is 89.6 Å². The van der Waals surface area contributed by atoms with Crippen molar-refractivity contribution in [3.63, 3.8) is 0 Å². The number of benzene rings is 1. The molecule has 0 radical (unpaired) electrons. The van der Waals surface area contributed by atoms with Gasteiger partial charge in [-0.05, 0) is 48.9 Å². The van der Waals surface area contributed by atoms with Crippen LogP contribution in [0.3, 0.4) is 0 Å². The molecule has 3 rings (SSSR count). The number of hydrogen-bond acceptors (Lipinski definition) is 3. The molecular weight excluding hydrogens is 388 g/mol. The molecule has 5 heteroatoms. The highest BCUT2D eigenvalue weighted by Gasteiger charge is 2.49. The van der Waals surface area contributed by atoms with E-state index in [4.69, 9.17) is 9.69 Å². The number of nitriles is 1. The quantitative estimate of drug-likeness (QED) is 0.497. The highest BCUT2D eigenvalue weighted by Crippen LogP contribution is 2.46. The van der Waals surface area contributed by atoms with E-state index >= 15 is 0 Å². The Morgan fingerprint density at radius 3 is 2.50 bits per heavy atom. The summed E-state index contributed by atoms with van der Waals surface area (Å²) in [5, 5.41) is 9.28. The van der Waals surface area contributed by atoms with Crippen LogP contribution < -0.4 is 0 Å². The second-order valence-corrected chi connectivity index (χ2v) is 15.3. The summed E-state index contributed by atoms with van der Waals surface area (Å²) in [7, 11) is -1.99. The number of amides is 1. The molecule has 1 amide bonds. The summed E-state index contributed by atoms with van der Waals surface area (Å²) in [5.74, 6) is 0.824. The number of nitrogens with zero attached hydrogens (tertiary/aromatic N) is 2. The molecule has 1 aliphatic heterocycles. The van der Waals surface area contributed by atoms with Crippen molar-refractivity contribution in [3.05, 3.63) is 35.9 Å². The Labute approximate surface area is 183 Å². The van der Waals surface area contributed by atoms with Crippen LogP contribution >= 0.6 is 0 Å². The van der Waals surface area contributed by atoms with Gasteiger partial charge >= 0.3 is 0 Å². The van der Waals surface area contributed by atoms with E-state index in [0.29, 0.717) is 18.9 Å². The second kappa shape index (κ2) is 9.24. The summed E-state index contributed by atoms with van der Waals surface area (Å²) >= 11 is 0. The number of rotatable bonds is 7. The lowest BCUT2D eigenvalue weighted by molar-refractivity contribution is -0.132. The second-order valence-electron chi connectivity index (χ2n) is 10.6. The Kier molecular flexibility index (Phi) is 7.09. The van der Waals surface area contributed by atoms with Gasteiger partial charge in [0, 0.05) is 18.5 Å². The highest BCUT2D eigenvalue weighted by molar-refractivity contribution is 6.74. The van der Waals surface area contributed by atoms with E-state index in [2.05, 4.69) is 64.2 Å². The SMILES string of the molecule is CC(C)(C)[Si](C)(C)O[C@@H](C[C@H]1[C@@H]2CCCC[C@@H]2C(=O)N1CCC#N)c1ccccc1. The molecule has 0 bridgehead atoms. The van der Waals surface area contributed by atoms with Gasteiger partial charge in [0.1, 0.15) is 0 Å². The van der Waals surface area contributed by atoms with Crippen molar-refractivity contribution in [2.24, 2.45) is 11.8 Å². The smallest absolute Gasteiger partial charge is 0.226 e. The largest absolute Gasteiger partial charge is 0.410 e. The summed E-state index contributed by atoms with van der Waals surface area (Å²) in [5.41, 5.74) is 1.20. The summed E-state index contributed by atoms with van der Waals surface area (Å²) in [4.78, 5) is 15.2. The Morgan fingerprint density at radius 1 is 1.20 bits per heavy atom. The molecule has 1 aromatic rings. The van der Waals surface area contributed by atoms with E-state index in [0.717, 1.165) is 25.7 Å². The van der Waals surface area contributed by atoms with Crippen LogP contribution in [0.4, 0.5) is 0 Å². The fraction of sp³-hybridized carbons (Fsp3) is 0.680. The van der Waals surface area contributed by atoms with E-state index in [1.165, 1.54) is 12.0 Å². The maximum Gasteiger partial charge on any atom is 0.226 e. The molecule has 1 aliphatic carbocycles. The van der Waals surface area contributed by atoms with Crippen molar-refractivity contribution in [3.8, 4) is 6.07 Å². The third kappa shape index (κ3) is 4.81. The van der Waals surface area contributed by atoms with E-state index in [-0.39, 0.29) is 29.0 Å². The van der Waals surface area contributed by atoms with E-state index in [1.807, 2.05) is 11.0 Å². The predicted molar refractivity (Wildman–Crippen MR) is 123 cm³/mol. The van der Waals surface area contributed by atoms with Crippen LogP contribution in [0.15, 0.2) is 30.3 Å². The average Bonchev–Trinajstić information content (AvgIpc) is 2.97. The molecule has 30 heavy (non-hydrogen) atoms. The highest BCUT2D eigenvalue weighted by atomic mass is 28.4. The number of carbonyl (C=O) groups is 1. The molecule has 0 spiro atoms. The Balaban J connectivity index is 1.91. The molecule has 4 atom stereocenters. The Bertz CT molecular complexity index is 766. The molecule has 2 aliphatic rings. The Hall–Kier alpha value is -1.64. The zero-order chi connectivity index (χ0) is 21.9. The van der Waals surface area contributed by atoms with Crippen LogP contribution in [0.2, 0.25) is 18.1 Å². The minimum atomic E-state index is -1.99. The Morgan fingerprint density at radius 2 is 1.87 bits per heavy atom. The van der Waals surface area contributed by atoms with Crippen molar-refractivity contribution >= 4 is 14.2 Å². The zero-order valence-corrected chi connectivity index (χ0v) is 20.4. The van der Waals surface area contributed by atoms with Crippen molar-refractivity contribution < 1.29 is 9.22 Å². The first-order valence-corrected chi connectivity index (χ1v) is 14.5. The lowest BCUT2D eigenvalue weighted by Crippen LogP contribution is -2.44. The lowest BCUT2D eigenvalue weighted by atomic mass is 9.77. The molecule has 1 aromatic carbocycles. The number of carbonyl (C=O) groups excluding carboxylic acids is 1. The minimum Gasteiger partial charge on any atom is -0.410 e. The van der Waals surface area contributed by atoms with Crippen LogP contribution in [-0.4, -0.2) is 31.7 Å². The van der Waals surface area contributed by atoms with Gasteiger partial charge in [0.05, 0.1) is 18.6 Å². The zero-order valence-electron chi connectivity index (χ0n) is 19.4. The summed E-state index contributed by atoms with van der Waals surface area (Å²) < 4.78 is 6.95. The molecule has 2 fully saturated rings. The monoisotopic (exact) mass is 426 g/mol. The standard InChI is InChI=1S/C25H38N2O2Si/c1-25(2,3)30(4,5)29-23(19-12-7-6-8-13-19)18-22-20-14-9-10-15-21(20)24(28)27(22)17-11-16-26/h6-8,12-13,20-23H,9-11,14-15,17-18H2,1-5H3/t20-,21+,22+,23+/m1/s1. The number of fused-ring (bicyclic) bond motifs is 1. The van der Waals surface area contributed by atoms with Gasteiger partial charge in [-0.3, -0.25) is 4.79 Å². The molecule has 164 valence electrons. The van der Waals surface area contributed by atoms with Gasteiger partial charge in [-0.2, -0.15) is 5.26 Å². The van der Waals surface area contributed by atoms with Gasteiger partial charge in [-0.1, -0.05) is 63.9 Å². The molecule has 4 nitrogen and oxygen atoms in total. The van der Waals surface area contributed by atoms with E-state index in [9.17, 15) is 4.79 Å². The first-order chi connectivity index (χ1) is 14.2. The molecular formula is C25H38N2O2Si. The summed E-state index contributed by atoms with van der Waals surface area (Å²) in [6.07, 6.45) is 5.68. The topological polar surface area (TPSA) is 53.3 Å². The minimum absolute atomic E-state index is 0.0184. The summed E-state index contributed by atoms with van der Waals surface area (Å²) in [6, 6.07) is 12.9. The van der Waals surface area contributed by atoms with Crippen LogP contribution in [-0.2, 0) is 9.22 Å².